The molecule has 0 aromatic carbocycles. The van der Waals surface area contributed by atoms with E-state index >= 15 is 0 Å². The Morgan fingerprint density at radius 3 is 2.73 bits per heavy atom. The van der Waals surface area contributed by atoms with Gasteiger partial charge >= 0.3 is 0 Å². The van der Waals surface area contributed by atoms with Crippen LogP contribution < -0.4 is 15.1 Å². The molecule has 0 spiro atoms. The maximum Gasteiger partial charge on any atom is 0.278 e. The van der Waals surface area contributed by atoms with Gasteiger partial charge in [-0.15, -0.1) is 11.3 Å². The Balaban J connectivity index is 1.15. The molecule has 3 aromatic rings. The van der Waals surface area contributed by atoms with Crippen molar-refractivity contribution < 1.29 is 14.7 Å². The van der Waals surface area contributed by atoms with Crippen LogP contribution in [-0.4, -0.2) is 79.4 Å². The predicted octanol–water partition coefficient (Wildman–Crippen LogP) is 1.14. The third-order valence-corrected chi connectivity index (χ3v) is 8.03. The first-order valence-electron chi connectivity index (χ1n) is 11.8. The molecule has 14 heteroatoms. The SMILES string of the molecule is C[C@@H](C(=O)Nc1csc(-c2cnc(N3CC4CC4C3)nc2)n1)n1cnc2c1C(=O)N(CC#N)C(O)N2C. The van der Waals surface area contributed by atoms with Crippen LogP contribution in [0.1, 0.15) is 29.9 Å². The Labute approximate surface area is 216 Å². The van der Waals surface area contributed by atoms with Gasteiger partial charge in [-0.2, -0.15) is 5.26 Å². The number of anilines is 3. The van der Waals surface area contributed by atoms with E-state index in [1.807, 2.05) is 6.07 Å². The molecule has 5 heterocycles. The number of nitrogens with one attached hydrogen (secondary N) is 1. The standard InChI is InChI=1S/C23H24N10O3S/c1-12(33-11-27-18-17(33)21(35)32(4-3-24)23(36)30(18)2)19(34)28-16-10-37-20(29-16)15-6-25-22(26-7-15)31-8-13-5-14(13)9-31/h6-7,10-14,23,36H,4-5,8-9H2,1-2H3,(H,28,34)/t12-,13?,14?,23?/m0/s1. The van der Waals surface area contributed by atoms with Crippen LogP contribution in [0.25, 0.3) is 10.6 Å². The summed E-state index contributed by atoms with van der Waals surface area (Å²) in [5, 5.41) is 24.6. The number of aliphatic hydroxyl groups excluding tert-OH is 1. The van der Waals surface area contributed by atoms with Crippen molar-refractivity contribution in [2.75, 3.05) is 41.8 Å². The average Bonchev–Trinajstić information content (AvgIpc) is 3.30. The minimum Gasteiger partial charge on any atom is -0.356 e. The fraction of sp³-hybridized carbons (Fsp3) is 0.435. The van der Waals surface area contributed by atoms with E-state index in [0.29, 0.717) is 10.8 Å². The molecule has 1 aliphatic carbocycles. The smallest absolute Gasteiger partial charge is 0.278 e. The number of aromatic nitrogens is 5. The summed E-state index contributed by atoms with van der Waals surface area (Å²) in [7, 11) is 1.56. The molecular formula is C23H24N10O3S. The van der Waals surface area contributed by atoms with Gasteiger partial charge in [0.1, 0.15) is 23.4 Å². The van der Waals surface area contributed by atoms with Crippen molar-refractivity contribution in [1.29, 1.82) is 5.26 Å². The lowest BCUT2D eigenvalue weighted by molar-refractivity contribution is -0.118. The predicted molar refractivity (Wildman–Crippen MR) is 134 cm³/mol. The molecule has 2 N–H and O–H groups in total. The van der Waals surface area contributed by atoms with E-state index in [-0.39, 0.29) is 18.1 Å². The van der Waals surface area contributed by atoms with Gasteiger partial charge in [0, 0.05) is 43.5 Å². The number of piperidine rings is 1. The molecular weight excluding hydrogens is 496 g/mol. The van der Waals surface area contributed by atoms with Crippen molar-refractivity contribution >= 4 is 40.7 Å². The number of carbonyl (C=O) groups is 2. The van der Waals surface area contributed by atoms with Gasteiger partial charge in [0.05, 0.1) is 12.4 Å². The summed E-state index contributed by atoms with van der Waals surface area (Å²) in [5.41, 5.74) is 0.886. The van der Waals surface area contributed by atoms with Crippen molar-refractivity contribution in [1.82, 2.24) is 29.4 Å². The van der Waals surface area contributed by atoms with E-state index in [1.165, 1.54) is 33.6 Å². The number of aliphatic hydroxyl groups is 1. The second-order valence-electron chi connectivity index (χ2n) is 9.51. The van der Waals surface area contributed by atoms with Crippen molar-refractivity contribution in [3.05, 3.63) is 29.8 Å². The van der Waals surface area contributed by atoms with Crippen LogP contribution in [0.3, 0.4) is 0 Å². The molecule has 190 valence electrons. The largest absolute Gasteiger partial charge is 0.356 e. The molecule has 2 aliphatic heterocycles. The Bertz CT molecular complexity index is 1400. The number of nitriles is 1. The van der Waals surface area contributed by atoms with Gasteiger partial charge in [0.2, 0.25) is 18.2 Å². The van der Waals surface area contributed by atoms with Gasteiger partial charge in [-0.1, -0.05) is 0 Å². The first-order chi connectivity index (χ1) is 17.9. The Morgan fingerprint density at radius 1 is 1.30 bits per heavy atom. The normalized spacial score (nSPS) is 22.9. The van der Waals surface area contributed by atoms with E-state index in [4.69, 9.17) is 5.26 Å². The average molecular weight is 521 g/mol. The van der Waals surface area contributed by atoms with Crippen LogP contribution >= 0.6 is 11.3 Å². The second-order valence-corrected chi connectivity index (χ2v) is 10.4. The van der Waals surface area contributed by atoms with Gasteiger partial charge in [-0.05, 0) is 25.2 Å². The highest BCUT2D eigenvalue weighted by Gasteiger charge is 2.45. The Morgan fingerprint density at radius 2 is 2.03 bits per heavy atom. The summed E-state index contributed by atoms with van der Waals surface area (Å²) in [5.74, 6) is 1.96. The summed E-state index contributed by atoms with van der Waals surface area (Å²) in [4.78, 5) is 48.4. The molecule has 6 rings (SSSR count). The summed E-state index contributed by atoms with van der Waals surface area (Å²) in [6.07, 6.45) is 4.88. The first-order valence-corrected chi connectivity index (χ1v) is 12.7. The fourth-order valence-corrected chi connectivity index (χ4v) is 5.60. The van der Waals surface area contributed by atoms with Crippen LogP contribution in [0.4, 0.5) is 17.6 Å². The molecule has 37 heavy (non-hydrogen) atoms. The van der Waals surface area contributed by atoms with Crippen LogP contribution in [-0.2, 0) is 4.79 Å². The maximum absolute atomic E-state index is 13.1. The number of hydrogen-bond acceptors (Lipinski definition) is 11. The molecule has 2 fully saturated rings. The van der Waals surface area contributed by atoms with E-state index in [1.54, 1.807) is 31.7 Å². The molecule has 0 bridgehead atoms. The lowest BCUT2D eigenvalue weighted by atomic mass is 10.2. The van der Waals surface area contributed by atoms with Crippen molar-refractivity contribution in [2.45, 2.75) is 25.7 Å². The minimum absolute atomic E-state index is 0.122. The molecule has 0 radical (unpaired) electrons. The highest BCUT2D eigenvalue weighted by atomic mass is 32.1. The third kappa shape index (κ3) is 3.96. The van der Waals surface area contributed by atoms with Crippen molar-refractivity contribution in [2.24, 2.45) is 11.8 Å². The first kappa shape index (κ1) is 23.3. The van der Waals surface area contributed by atoms with Gasteiger partial charge in [0.15, 0.2) is 11.5 Å². The highest BCUT2D eigenvalue weighted by Crippen LogP contribution is 2.45. The van der Waals surface area contributed by atoms with Gasteiger partial charge in [-0.3, -0.25) is 14.5 Å². The number of carbonyl (C=O) groups excluding carboxylic acids is 2. The minimum atomic E-state index is -1.32. The number of amides is 2. The van der Waals surface area contributed by atoms with Crippen LogP contribution in [0, 0.1) is 23.2 Å². The Hall–Kier alpha value is -4.09. The van der Waals surface area contributed by atoms with E-state index in [2.05, 4.69) is 30.2 Å². The Kier molecular flexibility index (Phi) is 5.54. The van der Waals surface area contributed by atoms with Gasteiger partial charge in [0.25, 0.3) is 5.91 Å². The number of thiazole rings is 1. The molecule has 1 saturated carbocycles. The summed E-state index contributed by atoms with van der Waals surface area (Å²) < 4.78 is 1.43. The van der Waals surface area contributed by atoms with Gasteiger partial charge in [-0.25, -0.2) is 19.9 Å². The molecule has 3 aromatic heterocycles. The van der Waals surface area contributed by atoms with E-state index in [0.717, 1.165) is 41.3 Å². The van der Waals surface area contributed by atoms with E-state index < -0.39 is 24.2 Å². The summed E-state index contributed by atoms with van der Waals surface area (Å²) in [6, 6.07) is 1.06. The van der Waals surface area contributed by atoms with Crippen LogP contribution in [0.15, 0.2) is 24.1 Å². The number of nitrogens with zero attached hydrogens (tertiary/aromatic N) is 9. The van der Waals surface area contributed by atoms with Crippen LogP contribution in [0.5, 0.6) is 0 Å². The lowest BCUT2D eigenvalue weighted by Gasteiger charge is -2.37. The quantitative estimate of drug-likeness (QED) is 0.452. The monoisotopic (exact) mass is 520 g/mol. The van der Waals surface area contributed by atoms with Crippen molar-refractivity contribution in [3.63, 3.8) is 0 Å². The molecule has 2 amide bonds. The van der Waals surface area contributed by atoms with E-state index in [9.17, 15) is 14.7 Å². The maximum atomic E-state index is 13.1. The zero-order valence-electron chi connectivity index (χ0n) is 20.1. The van der Waals surface area contributed by atoms with Gasteiger partial charge < -0.3 is 24.8 Å². The van der Waals surface area contributed by atoms with Crippen LogP contribution in [0.2, 0.25) is 0 Å². The number of imidazole rings is 1. The third-order valence-electron chi connectivity index (χ3n) is 7.14. The molecule has 4 atom stereocenters. The lowest BCUT2D eigenvalue weighted by Crippen LogP contribution is -2.54. The second kappa shape index (κ2) is 8.79. The zero-order chi connectivity index (χ0) is 25.8. The summed E-state index contributed by atoms with van der Waals surface area (Å²) in [6.45, 7) is 3.37. The molecule has 3 aliphatic rings. The molecule has 3 unspecified atom stereocenters. The fourth-order valence-electron chi connectivity index (χ4n) is 4.88. The highest BCUT2D eigenvalue weighted by molar-refractivity contribution is 7.13. The number of fused-ring (bicyclic) bond motifs is 2. The number of hydrogen-bond donors (Lipinski definition) is 2. The van der Waals surface area contributed by atoms with Crippen molar-refractivity contribution in [3.8, 4) is 16.6 Å². The zero-order valence-corrected chi connectivity index (χ0v) is 21.0. The molecule has 1 saturated heterocycles. The number of rotatable bonds is 6. The topological polar surface area (TPSA) is 156 Å². The summed E-state index contributed by atoms with van der Waals surface area (Å²) >= 11 is 1.36. The molecule has 13 nitrogen and oxygen atoms in total.